The molecule has 3 aromatic rings. The molecule has 0 bridgehead atoms. The van der Waals surface area contributed by atoms with Crippen molar-refractivity contribution in [2.45, 2.75) is 25.4 Å². The van der Waals surface area contributed by atoms with Gasteiger partial charge in [0.25, 0.3) is 0 Å². The number of hydrazine groups is 1. The highest BCUT2D eigenvalue weighted by atomic mass is 16.5. The molecule has 1 aliphatic carbocycles. The molecule has 3 heterocycles. The highest BCUT2D eigenvalue weighted by Crippen LogP contribution is 2.34. The fourth-order valence-corrected chi connectivity index (χ4v) is 3.17. The Labute approximate surface area is 162 Å². The van der Waals surface area contributed by atoms with Crippen LogP contribution in [-0.2, 0) is 6.54 Å². The quantitative estimate of drug-likeness (QED) is 0.500. The average molecular weight is 375 g/mol. The Hall–Kier alpha value is -3.39. The van der Waals surface area contributed by atoms with E-state index in [1.807, 2.05) is 42.5 Å². The molecular formula is C20H21N7O. The third-order valence-electron chi connectivity index (χ3n) is 4.82. The van der Waals surface area contributed by atoms with E-state index in [-0.39, 0.29) is 0 Å². The minimum absolute atomic E-state index is 0.396. The van der Waals surface area contributed by atoms with E-state index in [0.29, 0.717) is 18.5 Å². The van der Waals surface area contributed by atoms with E-state index in [9.17, 15) is 0 Å². The second-order valence-electron chi connectivity index (χ2n) is 7.00. The summed E-state index contributed by atoms with van der Waals surface area (Å²) in [6, 6.07) is 14.1. The van der Waals surface area contributed by atoms with Crippen LogP contribution in [0, 0.1) is 5.92 Å². The molecular weight excluding hydrogens is 354 g/mol. The topological polar surface area (TPSA) is 99.9 Å². The molecule has 5 rings (SSSR count). The molecule has 1 aliphatic heterocycles. The summed E-state index contributed by atoms with van der Waals surface area (Å²) in [6.07, 6.45) is 6.47. The number of hydrogen-bond donors (Lipinski definition) is 4. The fourth-order valence-electron chi connectivity index (χ4n) is 3.17. The van der Waals surface area contributed by atoms with Crippen molar-refractivity contribution in [1.82, 2.24) is 26.0 Å². The van der Waals surface area contributed by atoms with Crippen molar-refractivity contribution in [1.29, 1.82) is 0 Å². The van der Waals surface area contributed by atoms with Gasteiger partial charge in [0, 0.05) is 17.8 Å². The number of anilines is 2. The maximum Gasteiger partial charge on any atom is 0.224 e. The van der Waals surface area contributed by atoms with Crippen LogP contribution in [0.1, 0.15) is 18.6 Å². The lowest BCUT2D eigenvalue weighted by atomic mass is 10.1. The van der Waals surface area contributed by atoms with Crippen LogP contribution in [0.5, 0.6) is 0 Å². The molecule has 8 nitrogen and oxygen atoms in total. The van der Waals surface area contributed by atoms with Gasteiger partial charge in [-0.3, -0.25) is 0 Å². The highest BCUT2D eigenvalue weighted by molar-refractivity contribution is 5.58. The molecule has 2 aliphatic rings. The largest absolute Gasteiger partial charge is 0.359 e. The number of nitrogens with zero attached hydrogens (tertiary/aromatic N) is 3. The van der Waals surface area contributed by atoms with Gasteiger partial charge in [-0.15, -0.1) is 0 Å². The Morgan fingerprint density at radius 1 is 1.14 bits per heavy atom. The normalized spacial score (nSPS) is 18.4. The minimum atomic E-state index is 0.396. The van der Waals surface area contributed by atoms with Crippen molar-refractivity contribution >= 4 is 11.8 Å². The minimum Gasteiger partial charge on any atom is -0.359 e. The smallest absolute Gasteiger partial charge is 0.224 e. The van der Waals surface area contributed by atoms with Crippen LogP contribution in [-0.4, -0.2) is 21.2 Å². The molecule has 1 fully saturated rings. The van der Waals surface area contributed by atoms with Gasteiger partial charge in [-0.25, -0.2) is 10.4 Å². The summed E-state index contributed by atoms with van der Waals surface area (Å²) in [6.45, 7) is 0.454. The molecule has 28 heavy (non-hydrogen) atoms. The molecule has 1 aromatic carbocycles. The molecule has 1 unspecified atom stereocenters. The van der Waals surface area contributed by atoms with Crippen molar-refractivity contribution in [2.75, 3.05) is 10.6 Å². The van der Waals surface area contributed by atoms with Crippen LogP contribution in [0.3, 0.4) is 0 Å². The lowest BCUT2D eigenvalue weighted by Gasteiger charge is -2.09. The second kappa shape index (κ2) is 7.32. The summed E-state index contributed by atoms with van der Waals surface area (Å²) in [4.78, 5) is 8.77. The summed E-state index contributed by atoms with van der Waals surface area (Å²) in [7, 11) is 0. The van der Waals surface area contributed by atoms with Gasteiger partial charge in [0.2, 0.25) is 5.95 Å². The number of benzene rings is 1. The first-order valence-electron chi connectivity index (χ1n) is 9.42. The molecule has 142 valence electrons. The van der Waals surface area contributed by atoms with E-state index < -0.39 is 0 Å². The molecule has 0 saturated heterocycles. The molecule has 0 spiro atoms. The van der Waals surface area contributed by atoms with Crippen molar-refractivity contribution in [3.63, 3.8) is 0 Å². The average Bonchev–Trinajstić information content (AvgIpc) is 3.29. The van der Waals surface area contributed by atoms with E-state index in [0.717, 1.165) is 34.6 Å². The fraction of sp³-hybridized carbons (Fsp3) is 0.250. The van der Waals surface area contributed by atoms with Gasteiger partial charge in [0.1, 0.15) is 17.3 Å². The molecule has 8 heteroatoms. The van der Waals surface area contributed by atoms with Crippen molar-refractivity contribution < 1.29 is 4.52 Å². The summed E-state index contributed by atoms with van der Waals surface area (Å²) in [5.74, 6) is 3.63. The summed E-state index contributed by atoms with van der Waals surface area (Å²) in [5, 5.41) is 10.6. The van der Waals surface area contributed by atoms with Crippen molar-refractivity contribution in [2.24, 2.45) is 5.92 Å². The van der Waals surface area contributed by atoms with Gasteiger partial charge in [-0.05, 0) is 30.9 Å². The summed E-state index contributed by atoms with van der Waals surface area (Å²) < 4.78 is 5.41. The summed E-state index contributed by atoms with van der Waals surface area (Å²) in [5.41, 5.74) is 8.28. The number of nitrogens with one attached hydrogen (secondary N) is 4. The third kappa shape index (κ3) is 3.81. The van der Waals surface area contributed by atoms with Crippen molar-refractivity contribution in [3.8, 4) is 11.3 Å². The Balaban J connectivity index is 1.20. The predicted molar refractivity (Wildman–Crippen MR) is 106 cm³/mol. The third-order valence-corrected chi connectivity index (χ3v) is 4.82. The van der Waals surface area contributed by atoms with Gasteiger partial charge in [-0.2, -0.15) is 4.98 Å². The van der Waals surface area contributed by atoms with E-state index in [1.165, 1.54) is 12.8 Å². The van der Waals surface area contributed by atoms with E-state index in [4.69, 9.17) is 4.52 Å². The van der Waals surface area contributed by atoms with Crippen LogP contribution in [0.2, 0.25) is 0 Å². The zero-order chi connectivity index (χ0) is 18.8. The van der Waals surface area contributed by atoms with Crippen LogP contribution >= 0.6 is 0 Å². The van der Waals surface area contributed by atoms with Crippen LogP contribution in [0.25, 0.3) is 11.3 Å². The lowest BCUT2D eigenvalue weighted by molar-refractivity contribution is 0.390. The first kappa shape index (κ1) is 16.8. The van der Waals surface area contributed by atoms with E-state index in [1.54, 1.807) is 6.20 Å². The van der Waals surface area contributed by atoms with Crippen LogP contribution < -0.4 is 21.5 Å². The Kier molecular flexibility index (Phi) is 4.38. The molecule has 0 radical (unpaired) electrons. The predicted octanol–water partition coefficient (Wildman–Crippen LogP) is 2.88. The van der Waals surface area contributed by atoms with Gasteiger partial charge in [0.15, 0.2) is 5.76 Å². The van der Waals surface area contributed by atoms with Gasteiger partial charge >= 0.3 is 0 Å². The van der Waals surface area contributed by atoms with E-state index >= 15 is 0 Å². The van der Waals surface area contributed by atoms with E-state index in [2.05, 4.69) is 42.7 Å². The van der Waals surface area contributed by atoms with Gasteiger partial charge in [0.05, 0.1) is 12.6 Å². The first-order valence-corrected chi connectivity index (χ1v) is 9.42. The Morgan fingerprint density at radius 2 is 2.04 bits per heavy atom. The van der Waals surface area contributed by atoms with Crippen molar-refractivity contribution in [3.05, 3.63) is 66.3 Å². The Bertz CT molecular complexity index is 981. The van der Waals surface area contributed by atoms with Gasteiger partial charge in [-0.1, -0.05) is 35.5 Å². The maximum absolute atomic E-state index is 5.41. The molecule has 4 N–H and O–H groups in total. The Morgan fingerprint density at radius 3 is 2.89 bits per heavy atom. The molecule has 0 amide bonds. The van der Waals surface area contributed by atoms with Gasteiger partial charge < -0.3 is 20.6 Å². The number of hydrogen-bond acceptors (Lipinski definition) is 8. The molecule has 2 aromatic heterocycles. The zero-order valence-electron chi connectivity index (χ0n) is 15.2. The number of aromatic nitrogens is 3. The standard InChI is InChI=1S/C20H21N7O/c1-2-4-13(5-3-1)17-10-15(28-27-17)12-22-20-21-9-8-18(24-20)23-19-11-16(25-26-19)14-6-7-14/h1-5,8-11,14,16,25-26H,6-7,12H2,(H2,21,22,23,24). The van der Waals surface area contributed by atoms with Crippen LogP contribution in [0.4, 0.5) is 11.8 Å². The number of rotatable bonds is 7. The highest BCUT2D eigenvalue weighted by Gasteiger charge is 2.32. The first-order chi connectivity index (χ1) is 13.8. The molecule has 1 atom stereocenters. The zero-order valence-corrected chi connectivity index (χ0v) is 15.2. The second-order valence-corrected chi connectivity index (χ2v) is 7.00. The summed E-state index contributed by atoms with van der Waals surface area (Å²) >= 11 is 0. The SMILES string of the molecule is C1=C(Nc2ccnc(NCc3cc(-c4ccccc4)no3)n2)NNC1C1CC1. The molecule has 1 saturated carbocycles. The lowest BCUT2D eigenvalue weighted by Crippen LogP contribution is -2.34. The monoisotopic (exact) mass is 375 g/mol. The maximum atomic E-state index is 5.41. The van der Waals surface area contributed by atoms with Crippen LogP contribution in [0.15, 0.2) is 65.1 Å².